The van der Waals surface area contributed by atoms with Gasteiger partial charge < -0.3 is 0 Å². The highest BCUT2D eigenvalue weighted by Crippen LogP contribution is 2.11. The lowest BCUT2D eigenvalue weighted by atomic mass is 10.2. The summed E-state index contributed by atoms with van der Waals surface area (Å²) in [5.41, 5.74) is 1.25. The van der Waals surface area contributed by atoms with Gasteiger partial charge >= 0.3 is 0 Å². The maximum atomic E-state index is 7.13. The van der Waals surface area contributed by atoms with Gasteiger partial charge in [0.2, 0.25) is 0 Å². The Morgan fingerprint density at radius 3 is 2.54 bits per heavy atom. The number of hydrogen-bond acceptors (Lipinski definition) is 4. The van der Waals surface area contributed by atoms with Crippen molar-refractivity contribution < 1.29 is 4.11 Å². The SMILES string of the molecule is [2H]C([2H])([2H])c1ncc(-c2cnccn2)cn1. The van der Waals surface area contributed by atoms with Crippen molar-refractivity contribution >= 4 is 0 Å². The summed E-state index contributed by atoms with van der Waals surface area (Å²) in [6.45, 7) is -2.28. The molecule has 0 saturated heterocycles. The topological polar surface area (TPSA) is 51.6 Å². The summed E-state index contributed by atoms with van der Waals surface area (Å²) in [6, 6.07) is 0. The second-order valence-corrected chi connectivity index (χ2v) is 2.39. The number of hydrogen-bond donors (Lipinski definition) is 0. The number of aryl methyl sites for hydroxylation is 1. The quantitative estimate of drug-likeness (QED) is 0.654. The Kier molecular flexibility index (Phi) is 1.26. The fourth-order valence-corrected chi connectivity index (χ4v) is 0.908. The summed E-state index contributed by atoms with van der Waals surface area (Å²) in [7, 11) is 0. The van der Waals surface area contributed by atoms with E-state index in [1.807, 2.05) is 0 Å². The van der Waals surface area contributed by atoms with Crippen molar-refractivity contribution in [2.45, 2.75) is 6.85 Å². The summed E-state index contributed by atoms with van der Waals surface area (Å²) in [5.74, 6) is -0.167. The monoisotopic (exact) mass is 175 g/mol. The molecule has 2 rings (SSSR count). The van der Waals surface area contributed by atoms with E-state index in [9.17, 15) is 0 Å². The highest BCUT2D eigenvalue weighted by Gasteiger charge is 1.98. The first-order valence-corrected chi connectivity index (χ1v) is 3.66. The number of rotatable bonds is 1. The summed E-state index contributed by atoms with van der Waals surface area (Å²) >= 11 is 0. The molecule has 2 heterocycles. The molecule has 4 heteroatoms. The molecule has 13 heavy (non-hydrogen) atoms. The zero-order valence-electron chi connectivity index (χ0n) is 9.68. The Balaban J connectivity index is 2.34. The van der Waals surface area contributed by atoms with Crippen molar-refractivity contribution in [3.63, 3.8) is 0 Å². The zero-order chi connectivity index (χ0) is 11.6. The molecule has 0 unspecified atom stereocenters. The van der Waals surface area contributed by atoms with E-state index in [1.165, 1.54) is 12.4 Å². The molecule has 0 aliphatic heterocycles. The van der Waals surface area contributed by atoms with Crippen LogP contribution in [0.3, 0.4) is 0 Å². The third-order valence-corrected chi connectivity index (χ3v) is 1.51. The molecule has 0 aliphatic carbocycles. The van der Waals surface area contributed by atoms with E-state index in [1.54, 1.807) is 18.6 Å². The van der Waals surface area contributed by atoms with E-state index in [0.29, 0.717) is 11.3 Å². The predicted molar refractivity (Wildman–Crippen MR) is 47.8 cm³/mol. The molecule has 0 aromatic carbocycles. The van der Waals surface area contributed by atoms with Crippen LogP contribution in [0.1, 0.15) is 9.94 Å². The molecule has 0 spiro atoms. The minimum atomic E-state index is -2.28. The Morgan fingerprint density at radius 1 is 1.08 bits per heavy atom. The first-order chi connectivity index (χ1) is 7.57. The average molecular weight is 175 g/mol. The van der Waals surface area contributed by atoms with Crippen LogP contribution in [0.2, 0.25) is 0 Å². The van der Waals surface area contributed by atoms with Gasteiger partial charge in [0.15, 0.2) is 0 Å². The molecule has 0 bridgehead atoms. The molecule has 0 aliphatic rings. The first-order valence-electron chi connectivity index (χ1n) is 5.16. The minimum Gasteiger partial charge on any atom is -0.261 e. The third-order valence-electron chi connectivity index (χ3n) is 1.51. The highest BCUT2D eigenvalue weighted by molar-refractivity contribution is 5.54. The summed E-state index contributed by atoms with van der Waals surface area (Å²) in [4.78, 5) is 15.5. The molecule has 0 amide bonds. The van der Waals surface area contributed by atoms with Crippen LogP contribution in [-0.4, -0.2) is 19.9 Å². The lowest BCUT2D eigenvalue weighted by Gasteiger charge is -1.97. The maximum Gasteiger partial charge on any atom is 0.125 e. The molecular weight excluding hydrogens is 164 g/mol. The van der Waals surface area contributed by atoms with Crippen LogP contribution >= 0.6 is 0 Å². The Morgan fingerprint density at radius 2 is 1.92 bits per heavy atom. The molecule has 0 saturated carbocycles. The number of aromatic nitrogens is 4. The third kappa shape index (κ3) is 1.66. The Bertz CT molecular complexity index is 466. The Labute approximate surface area is 79.9 Å². The van der Waals surface area contributed by atoms with Crippen molar-refractivity contribution in [1.82, 2.24) is 19.9 Å². The molecule has 0 radical (unpaired) electrons. The Hall–Kier alpha value is -1.84. The van der Waals surface area contributed by atoms with Gasteiger partial charge in [0.1, 0.15) is 5.82 Å². The summed E-state index contributed by atoms with van der Waals surface area (Å²) < 4.78 is 21.4. The van der Waals surface area contributed by atoms with Gasteiger partial charge in [-0.15, -0.1) is 0 Å². The largest absolute Gasteiger partial charge is 0.261 e. The molecule has 0 N–H and O–H groups in total. The standard InChI is InChI=1S/C9H8N4/c1-7-12-4-8(5-13-7)9-6-10-2-3-11-9/h2-6H,1H3/i1D3. The van der Waals surface area contributed by atoms with Gasteiger partial charge in [-0.3, -0.25) is 9.97 Å². The van der Waals surface area contributed by atoms with Gasteiger partial charge in [0, 0.05) is 34.5 Å². The van der Waals surface area contributed by atoms with Crippen LogP contribution < -0.4 is 0 Å². The van der Waals surface area contributed by atoms with E-state index < -0.39 is 6.85 Å². The van der Waals surface area contributed by atoms with E-state index in [4.69, 9.17) is 4.11 Å². The summed E-state index contributed by atoms with van der Waals surface area (Å²) in [5, 5.41) is 0. The molecule has 2 aromatic rings. The maximum absolute atomic E-state index is 7.13. The molecule has 0 atom stereocenters. The van der Waals surface area contributed by atoms with Crippen LogP contribution in [0.15, 0.2) is 31.0 Å². The van der Waals surface area contributed by atoms with E-state index in [0.717, 1.165) is 0 Å². The van der Waals surface area contributed by atoms with Crippen molar-refractivity contribution in [2.75, 3.05) is 0 Å². The van der Waals surface area contributed by atoms with E-state index in [-0.39, 0.29) is 5.82 Å². The second-order valence-electron chi connectivity index (χ2n) is 2.39. The fraction of sp³-hybridized carbons (Fsp3) is 0.111. The highest BCUT2D eigenvalue weighted by atomic mass is 14.9. The van der Waals surface area contributed by atoms with Gasteiger partial charge in [-0.25, -0.2) is 9.97 Å². The van der Waals surface area contributed by atoms with Crippen LogP contribution in [0.25, 0.3) is 11.3 Å². The second kappa shape index (κ2) is 3.26. The lowest BCUT2D eigenvalue weighted by Crippen LogP contribution is -1.89. The van der Waals surface area contributed by atoms with E-state index >= 15 is 0 Å². The van der Waals surface area contributed by atoms with Gasteiger partial charge in [-0.05, 0) is 6.85 Å². The zero-order valence-corrected chi connectivity index (χ0v) is 6.68. The van der Waals surface area contributed by atoms with Gasteiger partial charge in [-0.2, -0.15) is 0 Å². The van der Waals surface area contributed by atoms with Crippen molar-refractivity contribution in [1.29, 1.82) is 0 Å². The van der Waals surface area contributed by atoms with Crippen LogP contribution in [0.5, 0.6) is 0 Å². The van der Waals surface area contributed by atoms with Crippen LogP contribution in [0, 0.1) is 6.85 Å². The van der Waals surface area contributed by atoms with Crippen LogP contribution in [-0.2, 0) is 0 Å². The first kappa shape index (κ1) is 5.01. The molecule has 64 valence electrons. The fourth-order valence-electron chi connectivity index (χ4n) is 0.908. The van der Waals surface area contributed by atoms with Crippen molar-refractivity contribution in [3.8, 4) is 11.3 Å². The molecule has 4 nitrogen and oxygen atoms in total. The van der Waals surface area contributed by atoms with Crippen LogP contribution in [0.4, 0.5) is 0 Å². The number of nitrogens with zero attached hydrogens (tertiary/aromatic N) is 4. The summed E-state index contributed by atoms with van der Waals surface area (Å²) in [6.07, 6.45) is 7.53. The average Bonchev–Trinajstić information content (AvgIpc) is 2.29. The molecule has 2 aromatic heterocycles. The molecular formula is C9H8N4. The van der Waals surface area contributed by atoms with Gasteiger partial charge in [0.25, 0.3) is 0 Å². The normalized spacial score (nSPS) is 14.3. The van der Waals surface area contributed by atoms with Gasteiger partial charge in [-0.1, -0.05) is 0 Å². The van der Waals surface area contributed by atoms with Crippen molar-refractivity contribution in [2.24, 2.45) is 0 Å². The van der Waals surface area contributed by atoms with E-state index in [2.05, 4.69) is 19.9 Å². The minimum absolute atomic E-state index is 0.167. The van der Waals surface area contributed by atoms with Crippen molar-refractivity contribution in [3.05, 3.63) is 36.8 Å². The lowest BCUT2D eigenvalue weighted by molar-refractivity contribution is 1.05. The smallest absolute Gasteiger partial charge is 0.125 e. The predicted octanol–water partition coefficient (Wildman–Crippen LogP) is 1.24. The molecule has 0 fully saturated rings. The van der Waals surface area contributed by atoms with Gasteiger partial charge in [0.05, 0.1) is 11.9 Å².